The first-order valence-electron chi connectivity index (χ1n) is 6.53. The van der Waals surface area contributed by atoms with E-state index in [0.29, 0.717) is 0 Å². The van der Waals surface area contributed by atoms with Gasteiger partial charge in [-0.1, -0.05) is 18.2 Å². The quantitative estimate of drug-likeness (QED) is 0.804. The third-order valence-electron chi connectivity index (χ3n) is 3.74. The Hall–Kier alpha value is -1.64. The first-order chi connectivity index (χ1) is 8.86. The molecule has 0 aliphatic carbocycles. The van der Waals surface area contributed by atoms with E-state index in [2.05, 4.69) is 28.1 Å². The minimum Gasteiger partial charge on any atom is -0.357 e. The fourth-order valence-electron chi connectivity index (χ4n) is 2.55. The van der Waals surface area contributed by atoms with Crippen LogP contribution >= 0.6 is 0 Å². The highest BCUT2D eigenvalue weighted by molar-refractivity contribution is 5.80. The fraction of sp³-hybridized carbons (Fsp3) is 0.400. The number of rotatable bonds is 2. The summed E-state index contributed by atoms with van der Waals surface area (Å²) in [5.74, 6) is 1.27. The van der Waals surface area contributed by atoms with E-state index in [1.54, 1.807) is 0 Å². The van der Waals surface area contributed by atoms with Crippen LogP contribution in [0.15, 0.2) is 36.4 Å². The number of fused-ring (bicyclic) bond motifs is 1. The summed E-state index contributed by atoms with van der Waals surface area (Å²) in [5.41, 5.74) is 1.03. The van der Waals surface area contributed by atoms with Crippen LogP contribution in [0.25, 0.3) is 10.9 Å². The van der Waals surface area contributed by atoms with Crippen molar-refractivity contribution < 1.29 is 4.39 Å². The van der Waals surface area contributed by atoms with Crippen molar-refractivity contribution in [2.75, 3.05) is 24.7 Å². The van der Waals surface area contributed by atoms with Gasteiger partial charge in [-0.2, -0.15) is 0 Å². The predicted molar refractivity (Wildman–Crippen MR) is 72.7 cm³/mol. The summed E-state index contributed by atoms with van der Waals surface area (Å²) in [6.45, 7) is 1.65. The van der Waals surface area contributed by atoms with Crippen molar-refractivity contribution in [3.63, 3.8) is 0 Å². The van der Waals surface area contributed by atoms with Crippen LogP contribution in [0.2, 0.25) is 0 Å². The average molecular weight is 244 g/mol. The molecule has 0 N–H and O–H groups in total. The highest BCUT2D eigenvalue weighted by atomic mass is 19.1. The molecule has 1 aliphatic rings. The first-order valence-corrected chi connectivity index (χ1v) is 6.53. The number of alkyl halides is 1. The van der Waals surface area contributed by atoms with E-state index in [1.165, 1.54) is 5.39 Å². The molecule has 1 aliphatic heterocycles. The number of nitrogens with zero attached hydrogens (tertiary/aromatic N) is 2. The summed E-state index contributed by atoms with van der Waals surface area (Å²) in [6.07, 6.45) is 1.87. The molecule has 0 radical (unpaired) electrons. The zero-order valence-electron chi connectivity index (χ0n) is 10.3. The topological polar surface area (TPSA) is 16.1 Å². The monoisotopic (exact) mass is 244 g/mol. The third kappa shape index (κ3) is 2.17. The van der Waals surface area contributed by atoms with Gasteiger partial charge in [0.2, 0.25) is 0 Å². The molecule has 0 unspecified atom stereocenters. The van der Waals surface area contributed by atoms with E-state index < -0.39 is 0 Å². The fourth-order valence-corrected chi connectivity index (χ4v) is 2.55. The number of hydrogen-bond acceptors (Lipinski definition) is 2. The van der Waals surface area contributed by atoms with Crippen LogP contribution in [0.4, 0.5) is 10.2 Å². The Bertz CT molecular complexity index is 533. The molecule has 0 atom stereocenters. The second kappa shape index (κ2) is 4.92. The van der Waals surface area contributed by atoms with Gasteiger partial charge in [-0.3, -0.25) is 4.39 Å². The van der Waals surface area contributed by atoms with E-state index in [1.807, 2.05) is 18.2 Å². The molecule has 1 fully saturated rings. The summed E-state index contributed by atoms with van der Waals surface area (Å²) < 4.78 is 12.6. The maximum atomic E-state index is 12.6. The normalized spacial score (nSPS) is 17.3. The second-order valence-corrected chi connectivity index (χ2v) is 4.95. The van der Waals surface area contributed by atoms with Crippen LogP contribution in [0.5, 0.6) is 0 Å². The number of anilines is 1. The average Bonchev–Trinajstić information content (AvgIpc) is 2.47. The molecule has 0 saturated carbocycles. The minimum absolute atomic E-state index is 0.182. The van der Waals surface area contributed by atoms with E-state index in [9.17, 15) is 4.39 Å². The molecular formula is C15H17FN2. The lowest BCUT2D eigenvalue weighted by Gasteiger charge is -2.31. The third-order valence-corrected chi connectivity index (χ3v) is 3.74. The van der Waals surface area contributed by atoms with Gasteiger partial charge in [-0.15, -0.1) is 0 Å². The zero-order chi connectivity index (χ0) is 12.4. The van der Waals surface area contributed by atoms with Gasteiger partial charge >= 0.3 is 0 Å². The Kier molecular flexibility index (Phi) is 3.13. The molecule has 3 heteroatoms. The van der Waals surface area contributed by atoms with Crippen molar-refractivity contribution in [3.8, 4) is 0 Å². The Morgan fingerprint density at radius 2 is 1.89 bits per heavy atom. The van der Waals surface area contributed by atoms with Crippen molar-refractivity contribution in [2.24, 2.45) is 5.92 Å². The lowest BCUT2D eigenvalue weighted by molar-refractivity contribution is 0.307. The number of hydrogen-bond donors (Lipinski definition) is 0. The smallest absolute Gasteiger partial charge is 0.129 e. The van der Waals surface area contributed by atoms with E-state index in [-0.39, 0.29) is 12.6 Å². The number of halogens is 1. The van der Waals surface area contributed by atoms with E-state index >= 15 is 0 Å². The van der Waals surface area contributed by atoms with Gasteiger partial charge in [-0.25, -0.2) is 4.98 Å². The molecule has 2 nitrogen and oxygen atoms in total. The number of benzene rings is 1. The second-order valence-electron chi connectivity index (χ2n) is 4.95. The molecule has 1 saturated heterocycles. The largest absolute Gasteiger partial charge is 0.357 e. The maximum absolute atomic E-state index is 12.6. The summed E-state index contributed by atoms with van der Waals surface area (Å²) >= 11 is 0. The van der Waals surface area contributed by atoms with Gasteiger partial charge < -0.3 is 4.90 Å². The molecule has 2 heterocycles. The standard InChI is InChI=1S/C15H17FN2/c16-11-12-7-9-18(10-8-12)15-6-5-13-3-1-2-4-14(13)17-15/h1-6,12H,7-11H2. The number of piperidine rings is 1. The van der Waals surface area contributed by atoms with E-state index in [0.717, 1.165) is 37.3 Å². The first kappa shape index (κ1) is 11.5. The Morgan fingerprint density at radius 3 is 2.67 bits per heavy atom. The Balaban J connectivity index is 1.82. The van der Waals surface area contributed by atoms with Crippen molar-refractivity contribution in [1.82, 2.24) is 4.98 Å². The zero-order valence-corrected chi connectivity index (χ0v) is 10.3. The van der Waals surface area contributed by atoms with Crippen LogP contribution in [0, 0.1) is 5.92 Å². The van der Waals surface area contributed by atoms with Crippen LogP contribution in [-0.4, -0.2) is 24.7 Å². The van der Waals surface area contributed by atoms with Crippen LogP contribution < -0.4 is 4.90 Å². The van der Waals surface area contributed by atoms with Crippen molar-refractivity contribution in [3.05, 3.63) is 36.4 Å². The number of para-hydroxylation sites is 1. The Morgan fingerprint density at radius 1 is 1.11 bits per heavy atom. The van der Waals surface area contributed by atoms with Crippen molar-refractivity contribution in [2.45, 2.75) is 12.8 Å². The van der Waals surface area contributed by atoms with Crippen LogP contribution in [0.1, 0.15) is 12.8 Å². The molecule has 1 aromatic heterocycles. The molecule has 0 amide bonds. The SMILES string of the molecule is FCC1CCN(c2ccc3ccccc3n2)CC1. The number of aromatic nitrogens is 1. The van der Waals surface area contributed by atoms with Gasteiger partial charge in [0, 0.05) is 18.5 Å². The summed E-state index contributed by atoms with van der Waals surface area (Å²) in [6, 6.07) is 12.3. The van der Waals surface area contributed by atoms with Crippen LogP contribution in [0.3, 0.4) is 0 Å². The highest BCUT2D eigenvalue weighted by Crippen LogP contribution is 2.24. The van der Waals surface area contributed by atoms with Gasteiger partial charge in [-0.05, 0) is 37.0 Å². The molecule has 0 spiro atoms. The lowest BCUT2D eigenvalue weighted by atomic mass is 9.98. The maximum Gasteiger partial charge on any atom is 0.129 e. The Labute approximate surface area is 106 Å². The van der Waals surface area contributed by atoms with E-state index in [4.69, 9.17) is 0 Å². The van der Waals surface area contributed by atoms with Gasteiger partial charge in [0.05, 0.1) is 12.2 Å². The highest BCUT2D eigenvalue weighted by Gasteiger charge is 2.19. The van der Waals surface area contributed by atoms with Gasteiger partial charge in [0.15, 0.2) is 0 Å². The molecule has 3 rings (SSSR count). The van der Waals surface area contributed by atoms with Gasteiger partial charge in [0.25, 0.3) is 0 Å². The molecule has 2 aromatic rings. The molecule has 1 aromatic carbocycles. The number of pyridine rings is 1. The van der Waals surface area contributed by atoms with Crippen molar-refractivity contribution >= 4 is 16.7 Å². The van der Waals surface area contributed by atoms with Crippen LogP contribution in [-0.2, 0) is 0 Å². The summed E-state index contributed by atoms with van der Waals surface area (Å²) in [5, 5.41) is 1.17. The minimum atomic E-state index is -0.182. The summed E-state index contributed by atoms with van der Waals surface area (Å²) in [4.78, 5) is 6.94. The predicted octanol–water partition coefficient (Wildman–Crippen LogP) is 3.42. The molecular weight excluding hydrogens is 227 g/mol. The molecule has 94 valence electrons. The molecule has 0 bridgehead atoms. The van der Waals surface area contributed by atoms with Gasteiger partial charge in [0.1, 0.15) is 5.82 Å². The summed E-state index contributed by atoms with van der Waals surface area (Å²) in [7, 11) is 0. The van der Waals surface area contributed by atoms with Crippen molar-refractivity contribution in [1.29, 1.82) is 0 Å². The molecule has 18 heavy (non-hydrogen) atoms. The lowest BCUT2D eigenvalue weighted by Crippen LogP contribution is -2.34.